The quantitative estimate of drug-likeness (QED) is 0.814. The van der Waals surface area contributed by atoms with Crippen LogP contribution in [0.25, 0.3) is 0 Å². The third kappa shape index (κ3) is 4.47. The maximum atomic E-state index is 12.8. The van der Waals surface area contributed by atoms with Crippen molar-refractivity contribution in [3.63, 3.8) is 0 Å². The first-order chi connectivity index (χ1) is 13.6. The predicted molar refractivity (Wildman–Crippen MR) is 107 cm³/mol. The van der Waals surface area contributed by atoms with Crippen LogP contribution in [0.15, 0.2) is 12.1 Å². The van der Waals surface area contributed by atoms with Gasteiger partial charge < -0.3 is 15.3 Å². The predicted octanol–water partition coefficient (Wildman–Crippen LogP) is 3.11. The number of carboxylic acid groups (broad SMARTS) is 1. The Kier molecular flexibility index (Phi) is 5.83. The maximum absolute atomic E-state index is 12.8. The number of amides is 1. The highest BCUT2D eigenvalue weighted by Crippen LogP contribution is 2.35. The van der Waals surface area contributed by atoms with E-state index in [0.29, 0.717) is 5.92 Å². The summed E-state index contributed by atoms with van der Waals surface area (Å²) in [4.78, 5) is 30.5. The number of carbonyl (C=O) groups excluding carboxylic acids is 1. The fraction of sp³-hybridized carbons (Fsp3) is 0.682. The van der Waals surface area contributed by atoms with E-state index in [0.717, 1.165) is 76.1 Å². The van der Waals surface area contributed by atoms with Gasteiger partial charge in [0, 0.05) is 37.7 Å². The summed E-state index contributed by atoms with van der Waals surface area (Å²) in [5.74, 6) is 1.37. The van der Waals surface area contributed by atoms with Gasteiger partial charge in [-0.1, -0.05) is 6.07 Å². The number of hydrogen-bond acceptors (Lipinski definition) is 4. The van der Waals surface area contributed by atoms with E-state index in [-0.39, 0.29) is 24.2 Å². The Morgan fingerprint density at radius 3 is 2.75 bits per heavy atom. The highest BCUT2D eigenvalue weighted by Gasteiger charge is 2.34. The lowest BCUT2D eigenvalue weighted by molar-refractivity contribution is -0.139. The topological polar surface area (TPSA) is 82.5 Å². The monoisotopic (exact) mass is 385 g/mol. The van der Waals surface area contributed by atoms with Gasteiger partial charge in [0.1, 0.15) is 5.82 Å². The molecule has 0 radical (unpaired) electrons. The van der Waals surface area contributed by atoms with Gasteiger partial charge in [0.25, 0.3) is 0 Å². The van der Waals surface area contributed by atoms with E-state index in [1.165, 1.54) is 12.0 Å². The second-order valence-electron chi connectivity index (χ2n) is 8.79. The van der Waals surface area contributed by atoms with E-state index < -0.39 is 5.97 Å². The summed E-state index contributed by atoms with van der Waals surface area (Å²) >= 11 is 0. The summed E-state index contributed by atoms with van der Waals surface area (Å²) < 4.78 is 0. The standard InChI is InChI=1S/C22H31N3O3/c26-20(27)14-16-3-4-18(12-16)22(28)25-10-7-15(8-11-25)13-19-6-5-17-2-1-9-23-21(17)24-19/h5-6,15-16,18H,1-4,7-14H2,(H,23,24)(H,26,27)/t16?,18-/m1/s1. The van der Waals surface area contributed by atoms with Crippen molar-refractivity contribution < 1.29 is 14.7 Å². The van der Waals surface area contributed by atoms with Crippen molar-refractivity contribution in [2.45, 2.75) is 57.8 Å². The number of nitrogens with zero attached hydrogens (tertiary/aromatic N) is 2. The largest absolute Gasteiger partial charge is 0.481 e. The molecule has 0 aromatic carbocycles. The number of carboxylic acids is 1. The number of piperidine rings is 1. The number of aromatic nitrogens is 1. The molecule has 1 amide bonds. The highest BCUT2D eigenvalue weighted by molar-refractivity contribution is 5.79. The van der Waals surface area contributed by atoms with Gasteiger partial charge in [-0.05, 0) is 74.8 Å². The molecule has 0 spiro atoms. The van der Waals surface area contributed by atoms with Crippen molar-refractivity contribution in [1.29, 1.82) is 0 Å². The Bertz CT molecular complexity index is 728. The third-order valence-corrected chi connectivity index (χ3v) is 6.73. The number of nitrogens with one attached hydrogen (secondary N) is 1. The van der Waals surface area contributed by atoms with Crippen molar-refractivity contribution >= 4 is 17.7 Å². The van der Waals surface area contributed by atoms with Crippen LogP contribution in [0, 0.1) is 17.8 Å². The van der Waals surface area contributed by atoms with Gasteiger partial charge in [-0.3, -0.25) is 9.59 Å². The Labute approximate surface area is 166 Å². The Hall–Kier alpha value is -2.11. The van der Waals surface area contributed by atoms with Gasteiger partial charge in [0.2, 0.25) is 5.91 Å². The maximum Gasteiger partial charge on any atom is 0.303 e. The molecule has 1 saturated carbocycles. The smallest absolute Gasteiger partial charge is 0.303 e. The SMILES string of the molecule is O=C(O)CC1CC[C@@H](C(=O)N2CCC(Cc3ccc4c(n3)NCCC4)CC2)C1. The molecule has 152 valence electrons. The summed E-state index contributed by atoms with van der Waals surface area (Å²) in [6, 6.07) is 4.39. The molecule has 3 heterocycles. The van der Waals surface area contributed by atoms with Crippen molar-refractivity contribution in [1.82, 2.24) is 9.88 Å². The first-order valence-electron chi connectivity index (χ1n) is 10.8. The zero-order valence-electron chi connectivity index (χ0n) is 16.5. The fourth-order valence-electron chi connectivity index (χ4n) is 5.13. The molecular weight excluding hydrogens is 354 g/mol. The first kappa shape index (κ1) is 19.2. The summed E-state index contributed by atoms with van der Waals surface area (Å²) in [6.45, 7) is 2.66. The number of pyridine rings is 1. The van der Waals surface area contributed by atoms with E-state index in [4.69, 9.17) is 10.1 Å². The Balaban J connectivity index is 1.25. The number of aliphatic carboxylic acids is 1. The second-order valence-corrected chi connectivity index (χ2v) is 8.79. The number of anilines is 1. The second kappa shape index (κ2) is 8.50. The molecule has 4 rings (SSSR count). The van der Waals surface area contributed by atoms with Gasteiger partial charge in [0.15, 0.2) is 0 Å². The molecule has 0 bridgehead atoms. The minimum atomic E-state index is -0.745. The number of aryl methyl sites for hydroxylation is 1. The molecular formula is C22H31N3O3. The van der Waals surface area contributed by atoms with Gasteiger partial charge >= 0.3 is 5.97 Å². The average Bonchev–Trinajstić information content (AvgIpc) is 3.16. The molecule has 28 heavy (non-hydrogen) atoms. The summed E-state index contributed by atoms with van der Waals surface area (Å²) in [6.07, 6.45) is 8.02. The molecule has 2 N–H and O–H groups in total. The number of rotatable bonds is 5. The molecule has 1 aromatic heterocycles. The number of hydrogen-bond donors (Lipinski definition) is 2. The van der Waals surface area contributed by atoms with Crippen molar-refractivity contribution in [2.24, 2.45) is 17.8 Å². The molecule has 2 atom stereocenters. The van der Waals surface area contributed by atoms with Gasteiger partial charge in [-0.2, -0.15) is 0 Å². The molecule has 2 aliphatic heterocycles. The van der Waals surface area contributed by atoms with Crippen LogP contribution in [-0.2, 0) is 22.4 Å². The van der Waals surface area contributed by atoms with Crippen LogP contribution in [0.1, 0.15) is 56.2 Å². The van der Waals surface area contributed by atoms with E-state index in [1.807, 2.05) is 4.90 Å². The molecule has 1 unspecified atom stereocenters. The summed E-state index contributed by atoms with van der Waals surface area (Å²) in [5, 5.41) is 12.4. The zero-order valence-corrected chi connectivity index (χ0v) is 16.5. The zero-order chi connectivity index (χ0) is 19.5. The van der Waals surface area contributed by atoms with E-state index in [2.05, 4.69) is 17.4 Å². The van der Waals surface area contributed by atoms with Crippen LogP contribution in [0.2, 0.25) is 0 Å². The highest BCUT2D eigenvalue weighted by atomic mass is 16.4. The lowest BCUT2D eigenvalue weighted by Gasteiger charge is -2.33. The molecule has 1 aromatic rings. The van der Waals surface area contributed by atoms with Crippen molar-refractivity contribution in [3.05, 3.63) is 23.4 Å². The molecule has 6 nitrogen and oxygen atoms in total. The lowest BCUT2D eigenvalue weighted by Crippen LogP contribution is -2.41. The average molecular weight is 386 g/mol. The van der Waals surface area contributed by atoms with Gasteiger partial charge in [-0.15, -0.1) is 0 Å². The third-order valence-electron chi connectivity index (χ3n) is 6.73. The fourth-order valence-corrected chi connectivity index (χ4v) is 5.13. The Morgan fingerprint density at radius 2 is 1.96 bits per heavy atom. The van der Waals surface area contributed by atoms with E-state index in [9.17, 15) is 9.59 Å². The number of carbonyl (C=O) groups is 2. The molecule has 3 aliphatic rings. The molecule has 1 aliphatic carbocycles. The normalized spacial score (nSPS) is 25.2. The van der Waals surface area contributed by atoms with Crippen LogP contribution in [0.3, 0.4) is 0 Å². The minimum absolute atomic E-state index is 0.0364. The van der Waals surface area contributed by atoms with Crippen LogP contribution in [-0.4, -0.2) is 46.5 Å². The van der Waals surface area contributed by atoms with Crippen LogP contribution in [0.4, 0.5) is 5.82 Å². The molecule has 2 fully saturated rings. The van der Waals surface area contributed by atoms with Crippen LogP contribution < -0.4 is 5.32 Å². The lowest BCUT2D eigenvalue weighted by atomic mass is 9.90. The van der Waals surface area contributed by atoms with Crippen molar-refractivity contribution in [3.8, 4) is 0 Å². The first-order valence-corrected chi connectivity index (χ1v) is 10.8. The van der Waals surface area contributed by atoms with E-state index >= 15 is 0 Å². The van der Waals surface area contributed by atoms with Crippen LogP contribution in [0.5, 0.6) is 0 Å². The van der Waals surface area contributed by atoms with E-state index in [1.54, 1.807) is 0 Å². The van der Waals surface area contributed by atoms with Gasteiger partial charge in [-0.25, -0.2) is 4.98 Å². The Morgan fingerprint density at radius 1 is 1.14 bits per heavy atom. The molecule has 1 saturated heterocycles. The number of likely N-dealkylation sites (tertiary alicyclic amines) is 1. The summed E-state index contributed by atoms with van der Waals surface area (Å²) in [5.41, 5.74) is 2.48. The summed E-state index contributed by atoms with van der Waals surface area (Å²) in [7, 11) is 0. The minimum Gasteiger partial charge on any atom is -0.481 e. The van der Waals surface area contributed by atoms with Gasteiger partial charge in [0.05, 0.1) is 0 Å². The molecule has 6 heteroatoms. The van der Waals surface area contributed by atoms with Crippen molar-refractivity contribution in [2.75, 3.05) is 25.0 Å². The number of fused-ring (bicyclic) bond motifs is 1. The van der Waals surface area contributed by atoms with Crippen LogP contribution >= 0.6 is 0 Å².